The molecule has 0 spiro atoms. The molecule has 3 aromatic rings. The van der Waals surface area contributed by atoms with Gasteiger partial charge < -0.3 is 15.4 Å². The number of halogens is 1. The van der Waals surface area contributed by atoms with Crippen molar-refractivity contribution in [2.75, 3.05) is 5.32 Å². The van der Waals surface area contributed by atoms with Crippen molar-refractivity contribution >= 4 is 23.1 Å². The standard InChI is InChI=1S/C16H14FN7O5/c1-10-15(23(26)27)16(24(28)29)20-22(10)9-14(25)19-12-6-18-21(8-12)7-11-4-2-3-5-13(11)17/h2-6,8H,7,9H2,1H3,(H,19,25). The fraction of sp³-hybridized carbons (Fsp3) is 0.188. The van der Waals surface area contributed by atoms with Gasteiger partial charge in [0, 0.05) is 11.8 Å². The van der Waals surface area contributed by atoms with Gasteiger partial charge in [-0.1, -0.05) is 18.2 Å². The summed E-state index contributed by atoms with van der Waals surface area (Å²) in [5.41, 5.74) is -0.159. The normalized spacial score (nSPS) is 10.7. The second kappa shape index (κ2) is 7.84. The Balaban J connectivity index is 1.70. The molecule has 3 rings (SSSR count). The first kappa shape index (κ1) is 19.6. The summed E-state index contributed by atoms with van der Waals surface area (Å²) in [5.74, 6) is -1.94. The Bertz CT molecular complexity index is 1110. The van der Waals surface area contributed by atoms with Gasteiger partial charge in [-0.3, -0.25) is 19.6 Å². The van der Waals surface area contributed by atoms with Crippen molar-refractivity contribution in [3.05, 3.63) is 74.0 Å². The van der Waals surface area contributed by atoms with Crippen LogP contribution in [0, 0.1) is 33.0 Å². The van der Waals surface area contributed by atoms with E-state index in [2.05, 4.69) is 15.5 Å². The van der Waals surface area contributed by atoms with Gasteiger partial charge in [0.2, 0.25) is 5.91 Å². The van der Waals surface area contributed by atoms with Crippen molar-refractivity contribution in [3.8, 4) is 0 Å². The van der Waals surface area contributed by atoms with Crippen molar-refractivity contribution in [2.24, 2.45) is 0 Å². The van der Waals surface area contributed by atoms with Crippen molar-refractivity contribution in [1.82, 2.24) is 19.6 Å². The van der Waals surface area contributed by atoms with E-state index in [1.807, 2.05) is 0 Å². The third-order valence-corrected chi connectivity index (χ3v) is 4.01. The quantitative estimate of drug-likeness (QED) is 0.468. The number of nitrogens with one attached hydrogen (secondary N) is 1. The van der Waals surface area contributed by atoms with Crippen LogP contribution in [0.15, 0.2) is 36.7 Å². The van der Waals surface area contributed by atoms with E-state index in [0.29, 0.717) is 11.3 Å². The predicted octanol–water partition coefficient (Wildman–Crippen LogP) is 2.03. The van der Waals surface area contributed by atoms with Crippen molar-refractivity contribution in [1.29, 1.82) is 0 Å². The Morgan fingerprint density at radius 1 is 1.24 bits per heavy atom. The fourth-order valence-electron chi connectivity index (χ4n) is 2.66. The third-order valence-electron chi connectivity index (χ3n) is 4.01. The van der Waals surface area contributed by atoms with Gasteiger partial charge in [0.15, 0.2) is 0 Å². The number of hydrogen-bond donors (Lipinski definition) is 1. The Labute approximate surface area is 161 Å². The number of aromatic nitrogens is 4. The molecule has 0 unspecified atom stereocenters. The Morgan fingerprint density at radius 2 is 1.97 bits per heavy atom. The number of nitro groups is 2. The van der Waals surface area contributed by atoms with Crippen LogP contribution in [0.1, 0.15) is 11.3 Å². The second-order valence-electron chi connectivity index (χ2n) is 6.00. The number of amides is 1. The van der Waals surface area contributed by atoms with Crippen LogP contribution >= 0.6 is 0 Å². The zero-order valence-corrected chi connectivity index (χ0v) is 15.0. The molecular weight excluding hydrogens is 389 g/mol. The highest BCUT2D eigenvalue weighted by Crippen LogP contribution is 2.29. The first-order chi connectivity index (χ1) is 13.8. The maximum absolute atomic E-state index is 13.7. The third kappa shape index (κ3) is 4.23. The van der Waals surface area contributed by atoms with Crippen LogP contribution in [-0.2, 0) is 17.9 Å². The lowest BCUT2D eigenvalue weighted by atomic mass is 10.2. The lowest BCUT2D eigenvalue weighted by Crippen LogP contribution is -2.20. The molecule has 0 radical (unpaired) electrons. The van der Waals surface area contributed by atoms with Crippen LogP contribution < -0.4 is 5.32 Å². The zero-order chi connectivity index (χ0) is 21.1. The lowest BCUT2D eigenvalue weighted by molar-refractivity contribution is -0.424. The number of benzene rings is 1. The van der Waals surface area contributed by atoms with E-state index >= 15 is 0 Å². The Hall–Kier alpha value is -4.16. The number of nitrogens with zero attached hydrogens (tertiary/aromatic N) is 6. The minimum absolute atomic E-state index is 0.118. The first-order valence-electron chi connectivity index (χ1n) is 8.18. The van der Waals surface area contributed by atoms with Gasteiger partial charge in [-0.05, 0) is 17.9 Å². The topological polar surface area (TPSA) is 151 Å². The molecule has 1 amide bonds. The summed E-state index contributed by atoms with van der Waals surface area (Å²) in [7, 11) is 0. The average Bonchev–Trinajstić information content (AvgIpc) is 3.21. The molecule has 0 aliphatic heterocycles. The zero-order valence-electron chi connectivity index (χ0n) is 15.0. The molecule has 0 saturated heterocycles. The molecule has 1 N–H and O–H groups in total. The van der Waals surface area contributed by atoms with Gasteiger partial charge >= 0.3 is 11.5 Å². The molecule has 1 aromatic carbocycles. The smallest absolute Gasteiger partial charge is 0.358 e. The summed E-state index contributed by atoms with van der Waals surface area (Å²) in [6.45, 7) is 0.941. The van der Waals surface area contributed by atoms with E-state index in [1.54, 1.807) is 18.2 Å². The molecule has 0 fully saturated rings. The average molecular weight is 403 g/mol. The SMILES string of the molecule is Cc1c([N+](=O)[O-])c([N+](=O)[O-])nn1CC(=O)Nc1cnn(Cc2ccccc2F)c1. The van der Waals surface area contributed by atoms with Crippen LogP contribution in [0.2, 0.25) is 0 Å². The van der Waals surface area contributed by atoms with Crippen molar-refractivity contribution < 1.29 is 19.0 Å². The second-order valence-corrected chi connectivity index (χ2v) is 6.00. The van der Waals surface area contributed by atoms with E-state index in [9.17, 15) is 29.4 Å². The summed E-state index contributed by atoms with van der Waals surface area (Å²) in [4.78, 5) is 32.3. The summed E-state index contributed by atoms with van der Waals surface area (Å²) in [6, 6.07) is 6.19. The lowest BCUT2D eigenvalue weighted by Gasteiger charge is -2.03. The molecule has 0 aliphatic rings. The summed E-state index contributed by atoms with van der Waals surface area (Å²) in [5, 5.41) is 32.0. The molecule has 0 aliphatic carbocycles. The molecular formula is C16H14FN7O5. The van der Waals surface area contributed by atoms with Crippen LogP contribution in [0.4, 0.5) is 21.6 Å². The fourth-order valence-corrected chi connectivity index (χ4v) is 2.66. The van der Waals surface area contributed by atoms with E-state index in [4.69, 9.17) is 0 Å². The van der Waals surface area contributed by atoms with E-state index in [0.717, 1.165) is 4.68 Å². The van der Waals surface area contributed by atoms with Crippen LogP contribution in [0.5, 0.6) is 0 Å². The molecule has 12 nitrogen and oxygen atoms in total. The predicted molar refractivity (Wildman–Crippen MR) is 96.6 cm³/mol. The number of rotatable bonds is 7. The maximum Gasteiger partial charge on any atom is 0.468 e. The summed E-state index contributed by atoms with van der Waals surface area (Å²) < 4.78 is 16.0. The number of hydrogen-bond acceptors (Lipinski definition) is 7. The monoisotopic (exact) mass is 403 g/mol. The molecule has 0 atom stereocenters. The highest BCUT2D eigenvalue weighted by atomic mass is 19.1. The minimum atomic E-state index is -0.980. The van der Waals surface area contributed by atoms with Gasteiger partial charge in [-0.25, -0.2) is 4.39 Å². The van der Waals surface area contributed by atoms with Crippen LogP contribution in [0.3, 0.4) is 0 Å². The van der Waals surface area contributed by atoms with E-state index in [1.165, 1.54) is 30.1 Å². The molecule has 150 valence electrons. The summed E-state index contributed by atoms with van der Waals surface area (Å²) >= 11 is 0. The van der Waals surface area contributed by atoms with E-state index in [-0.39, 0.29) is 18.1 Å². The highest BCUT2D eigenvalue weighted by molar-refractivity contribution is 5.90. The van der Waals surface area contributed by atoms with Gasteiger partial charge in [-0.2, -0.15) is 9.78 Å². The molecule has 13 heteroatoms. The Kier molecular flexibility index (Phi) is 5.29. The van der Waals surface area contributed by atoms with Crippen molar-refractivity contribution in [3.63, 3.8) is 0 Å². The minimum Gasteiger partial charge on any atom is -0.358 e. The van der Waals surface area contributed by atoms with Crippen molar-refractivity contribution in [2.45, 2.75) is 20.0 Å². The number of anilines is 1. The molecule has 2 aromatic heterocycles. The molecule has 0 saturated carbocycles. The first-order valence-corrected chi connectivity index (χ1v) is 8.18. The molecule has 0 bridgehead atoms. The van der Waals surface area contributed by atoms with Gasteiger partial charge in [0.05, 0.1) is 28.5 Å². The maximum atomic E-state index is 13.7. The van der Waals surface area contributed by atoms with Crippen LogP contribution in [0.25, 0.3) is 0 Å². The summed E-state index contributed by atoms with van der Waals surface area (Å²) in [6.07, 6.45) is 2.82. The van der Waals surface area contributed by atoms with Gasteiger partial charge in [0.25, 0.3) is 0 Å². The largest absolute Gasteiger partial charge is 0.468 e. The molecule has 29 heavy (non-hydrogen) atoms. The Morgan fingerprint density at radius 3 is 2.59 bits per heavy atom. The van der Waals surface area contributed by atoms with Crippen LogP contribution in [-0.4, -0.2) is 35.3 Å². The van der Waals surface area contributed by atoms with Gasteiger partial charge in [-0.15, -0.1) is 0 Å². The number of carbonyl (C=O) groups is 1. The molecule has 2 heterocycles. The van der Waals surface area contributed by atoms with E-state index < -0.39 is 33.8 Å². The highest BCUT2D eigenvalue weighted by Gasteiger charge is 2.35. The van der Waals surface area contributed by atoms with Gasteiger partial charge in [0.1, 0.15) is 18.1 Å². The number of carbonyl (C=O) groups excluding carboxylic acids is 1.